The first-order valence-electron chi connectivity index (χ1n) is 6.73. The zero-order chi connectivity index (χ0) is 13.4. The Hall–Kier alpha value is -0.280. The lowest BCUT2D eigenvalue weighted by Crippen LogP contribution is -2.43. The Bertz CT molecular complexity index is 392. The van der Waals surface area contributed by atoms with Crippen molar-refractivity contribution in [1.82, 2.24) is 5.32 Å². The SMILES string of the molecule is CC1(C)CC(NCc2occc2Br)CC(C)(C)C1. The summed E-state index contributed by atoms with van der Waals surface area (Å²) < 4.78 is 6.51. The average molecular weight is 314 g/mol. The van der Waals surface area contributed by atoms with Crippen LogP contribution in [0.25, 0.3) is 0 Å². The molecular weight excluding hydrogens is 290 g/mol. The Labute approximate surface area is 119 Å². The van der Waals surface area contributed by atoms with Crippen LogP contribution in [0.15, 0.2) is 21.2 Å². The third kappa shape index (κ3) is 3.61. The van der Waals surface area contributed by atoms with E-state index in [1.807, 2.05) is 6.07 Å². The monoisotopic (exact) mass is 313 g/mol. The highest BCUT2D eigenvalue weighted by molar-refractivity contribution is 9.10. The summed E-state index contributed by atoms with van der Waals surface area (Å²) in [7, 11) is 0. The molecule has 0 radical (unpaired) electrons. The second-order valence-electron chi connectivity index (χ2n) is 7.18. The fraction of sp³-hybridized carbons (Fsp3) is 0.733. The van der Waals surface area contributed by atoms with Gasteiger partial charge in [0.05, 0.1) is 17.3 Å². The van der Waals surface area contributed by atoms with Gasteiger partial charge in [0.1, 0.15) is 5.76 Å². The second-order valence-corrected chi connectivity index (χ2v) is 8.04. The van der Waals surface area contributed by atoms with Crippen LogP contribution in [0.2, 0.25) is 0 Å². The van der Waals surface area contributed by atoms with Crippen molar-refractivity contribution in [2.45, 2.75) is 59.5 Å². The fourth-order valence-electron chi connectivity index (χ4n) is 3.68. The molecule has 3 heteroatoms. The predicted molar refractivity (Wildman–Crippen MR) is 78.4 cm³/mol. The van der Waals surface area contributed by atoms with E-state index < -0.39 is 0 Å². The van der Waals surface area contributed by atoms with E-state index >= 15 is 0 Å². The summed E-state index contributed by atoms with van der Waals surface area (Å²) >= 11 is 3.50. The van der Waals surface area contributed by atoms with E-state index in [4.69, 9.17) is 4.42 Å². The van der Waals surface area contributed by atoms with Crippen LogP contribution >= 0.6 is 15.9 Å². The molecule has 0 atom stereocenters. The first kappa shape index (κ1) is 14.1. The molecule has 1 N–H and O–H groups in total. The Morgan fingerprint density at radius 2 is 1.89 bits per heavy atom. The number of furan rings is 1. The van der Waals surface area contributed by atoms with Crippen molar-refractivity contribution in [3.8, 4) is 0 Å². The van der Waals surface area contributed by atoms with Crippen LogP contribution < -0.4 is 5.32 Å². The van der Waals surface area contributed by atoms with Gasteiger partial charge in [-0.2, -0.15) is 0 Å². The Kier molecular flexibility index (Phi) is 3.93. The van der Waals surface area contributed by atoms with Crippen LogP contribution in [0, 0.1) is 10.8 Å². The highest BCUT2D eigenvalue weighted by Gasteiger charge is 2.38. The van der Waals surface area contributed by atoms with Crippen LogP contribution in [0.1, 0.15) is 52.7 Å². The molecule has 0 aromatic carbocycles. The van der Waals surface area contributed by atoms with Crippen LogP contribution in [0.4, 0.5) is 0 Å². The summed E-state index contributed by atoms with van der Waals surface area (Å²) in [4.78, 5) is 0. The van der Waals surface area contributed by atoms with Crippen LogP contribution in [-0.4, -0.2) is 6.04 Å². The number of halogens is 1. The number of hydrogen-bond donors (Lipinski definition) is 1. The normalized spacial score (nSPS) is 23.2. The second kappa shape index (κ2) is 5.01. The van der Waals surface area contributed by atoms with Crippen molar-refractivity contribution in [2.24, 2.45) is 10.8 Å². The lowest BCUT2D eigenvalue weighted by Gasteiger charge is -2.45. The molecule has 0 amide bonds. The lowest BCUT2D eigenvalue weighted by molar-refractivity contribution is 0.0836. The van der Waals surface area contributed by atoms with Gasteiger partial charge in [0.2, 0.25) is 0 Å². The molecule has 0 saturated heterocycles. The van der Waals surface area contributed by atoms with Crippen molar-refractivity contribution in [3.05, 3.63) is 22.6 Å². The van der Waals surface area contributed by atoms with E-state index in [2.05, 4.69) is 48.9 Å². The van der Waals surface area contributed by atoms with Crippen LogP contribution in [-0.2, 0) is 6.54 Å². The molecule has 0 unspecified atom stereocenters. The minimum atomic E-state index is 0.430. The molecule has 102 valence electrons. The highest BCUT2D eigenvalue weighted by Crippen LogP contribution is 2.45. The van der Waals surface area contributed by atoms with Crippen LogP contribution in [0.5, 0.6) is 0 Å². The summed E-state index contributed by atoms with van der Waals surface area (Å²) in [6, 6.07) is 2.53. The zero-order valence-corrected chi connectivity index (χ0v) is 13.4. The quantitative estimate of drug-likeness (QED) is 0.872. The largest absolute Gasteiger partial charge is 0.467 e. The molecule has 1 heterocycles. The molecule has 1 aliphatic rings. The summed E-state index contributed by atoms with van der Waals surface area (Å²) in [5, 5.41) is 3.65. The Morgan fingerprint density at radius 3 is 2.39 bits per heavy atom. The van der Waals surface area contributed by atoms with Crippen molar-refractivity contribution in [3.63, 3.8) is 0 Å². The third-order valence-electron chi connectivity index (χ3n) is 3.80. The molecule has 18 heavy (non-hydrogen) atoms. The first-order chi connectivity index (χ1) is 8.27. The van der Waals surface area contributed by atoms with Crippen molar-refractivity contribution < 1.29 is 4.42 Å². The van der Waals surface area contributed by atoms with Gasteiger partial charge >= 0.3 is 0 Å². The van der Waals surface area contributed by atoms with Gasteiger partial charge in [0, 0.05) is 6.04 Å². The van der Waals surface area contributed by atoms with Gasteiger partial charge in [0.25, 0.3) is 0 Å². The smallest absolute Gasteiger partial charge is 0.131 e. The molecule has 0 aliphatic heterocycles. The number of nitrogens with one attached hydrogen (secondary N) is 1. The maximum atomic E-state index is 5.45. The minimum absolute atomic E-state index is 0.430. The Morgan fingerprint density at radius 1 is 1.28 bits per heavy atom. The summed E-state index contributed by atoms with van der Waals surface area (Å²) in [6.45, 7) is 10.3. The minimum Gasteiger partial charge on any atom is -0.467 e. The molecule has 0 bridgehead atoms. The van der Waals surface area contributed by atoms with E-state index in [9.17, 15) is 0 Å². The highest BCUT2D eigenvalue weighted by atomic mass is 79.9. The molecule has 2 rings (SSSR count). The fourth-order valence-corrected chi connectivity index (χ4v) is 4.02. The molecule has 0 spiro atoms. The topological polar surface area (TPSA) is 25.2 Å². The van der Waals surface area contributed by atoms with Crippen LogP contribution in [0.3, 0.4) is 0 Å². The van der Waals surface area contributed by atoms with E-state index in [0.717, 1.165) is 16.8 Å². The predicted octanol–water partition coefficient (Wildman–Crippen LogP) is 4.74. The van der Waals surface area contributed by atoms with E-state index in [1.165, 1.54) is 19.3 Å². The number of hydrogen-bond acceptors (Lipinski definition) is 2. The number of rotatable bonds is 3. The Balaban J connectivity index is 1.95. The molecular formula is C15H24BrNO. The van der Waals surface area contributed by atoms with Gasteiger partial charge < -0.3 is 9.73 Å². The van der Waals surface area contributed by atoms with Crippen molar-refractivity contribution in [2.75, 3.05) is 0 Å². The maximum absolute atomic E-state index is 5.45. The van der Waals surface area contributed by atoms with Gasteiger partial charge in [0.15, 0.2) is 0 Å². The molecule has 2 nitrogen and oxygen atoms in total. The molecule has 1 aromatic heterocycles. The summed E-state index contributed by atoms with van der Waals surface area (Å²) in [5.74, 6) is 0.996. The lowest BCUT2D eigenvalue weighted by atomic mass is 9.63. The zero-order valence-electron chi connectivity index (χ0n) is 11.8. The van der Waals surface area contributed by atoms with E-state index in [-0.39, 0.29) is 0 Å². The van der Waals surface area contributed by atoms with Gasteiger partial charge in [-0.1, -0.05) is 27.7 Å². The van der Waals surface area contributed by atoms with Crippen molar-refractivity contribution in [1.29, 1.82) is 0 Å². The van der Waals surface area contributed by atoms with Gasteiger partial charge in [-0.05, 0) is 52.1 Å². The van der Waals surface area contributed by atoms with Gasteiger partial charge in [-0.15, -0.1) is 0 Å². The van der Waals surface area contributed by atoms with Gasteiger partial charge in [-0.25, -0.2) is 0 Å². The molecule has 1 fully saturated rings. The molecule has 1 saturated carbocycles. The van der Waals surface area contributed by atoms with Crippen molar-refractivity contribution >= 4 is 15.9 Å². The van der Waals surface area contributed by atoms with Gasteiger partial charge in [-0.3, -0.25) is 0 Å². The summed E-state index contributed by atoms with van der Waals surface area (Å²) in [5.41, 5.74) is 0.861. The first-order valence-corrected chi connectivity index (χ1v) is 7.52. The van der Waals surface area contributed by atoms with E-state index in [1.54, 1.807) is 6.26 Å². The standard InChI is InChI=1S/C15H24BrNO/c1-14(2)7-11(8-15(3,4)10-14)17-9-13-12(16)5-6-18-13/h5-6,11,17H,7-10H2,1-4H3. The average Bonchev–Trinajstić information content (AvgIpc) is 2.56. The molecule has 1 aromatic rings. The summed E-state index contributed by atoms with van der Waals surface area (Å²) in [6.07, 6.45) is 5.53. The maximum Gasteiger partial charge on any atom is 0.131 e. The third-order valence-corrected chi connectivity index (χ3v) is 4.50. The van der Waals surface area contributed by atoms with E-state index in [0.29, 0.717) is 16.9 Å². The molecule has 1 aliphatic carbocycles.